The van der Waals surface area contributed by atoms with Gasteiger partial charge < -0.3 is 27.7 Å². The topological polar surface area (TPSA) is 523 Å². The largest absolute Gasteiger partial charge is 0.504 e. The third-order valence-corrected chi connectivity index (χ3v) is 40.0. The van der Waals surface area contributed by atoms with E-state index >= 15 is 0 Å². The molecule has 0 aliphatic heterocycles. The SMILES string of the molecule is CC(C)(C)S(=O)(=O)C(=[N+]=[N-])S(=O)(=O)C(C)(C)C.Cc1ccc(S(=O)(=O)C(=[N+]=[N-])S(=O)(=O)c2ccc(C)cc2)cc1.Cc1ccc(S(=O)(=O)C(=[N+]=[N-])S(=O)(=O)c2ccc(C)cc2C)c(C)c1.[N-]=[N+]=C(S(=O)(=O)C1CCCCC1)S(=O)(=O)C1CCCCC1.[N-]=[N+]=C(S(=O)(=O)c1ccccc1)S(=O)(=O)c1ccccc1. The van der Waals surface area contributed by atoms with Gasteiger partial charge in [-0.05, 0) is 181 Å². The molecule has 40 heteroatoms. The van der Waals surface area contributed by atoms with E-state index in [1.165, 1.54) is 151 Å². The minimum absolute atomic E-state index is 0.209. The molecule has 0 amide bonds. The molecule has 0 spiro atoms. The summed E-state index contributed by atoms with van der Waals surface area (Å²) in [6, 6.07) is 34.0. The molecular weight excluding hydrogens is 1590 g/mol. The van der Waals surface area contributed by atoms with Crippen LogP contribution >= 0.6 is 0 Å². The summed E-state index contributed by atoms with van der Waals surface area (Å²) in [5.74, 6) is 0. The quantitative estimate of drug-likeness (QED) is 0.0592. The number of hydrogen-bond donors (Lipinski definition) is 0. The maximum atomic E-state index is 12.8. The van der Waals surface area contributed by atoms with Crippen molar-refractivity contribution in [2.75, 3.05) is 0 Å². The van der Waals surface area contributed by atoms with Crippen LogP contribution in [0.15, 0.2) is 175 Å². The van der Waals surface area contributed by atoms with E-state index in [0.29, 0.717) is 36.8 Å². The lowest BCUT2D eigenvalue weighted by atomic mass is 10.0. The lowest BCUT2D eigenvalue weighted by Crippen LogP contribution is -2.45. The lowest BCUT2D eigenvalue weighted by Gasteiger charge is -2.22. The van der Waals surface area contributed by atoms with Crippen molar-refractivity contribution in [2.45, 2.75) is 197 Å². The molecule has 0 radical (unpaired) electrons. The van der Waals surface area contributed by atoms with Crippen LogP contribution in [0.5, 0.6) is 0 Å². The first-order valence-corrected chi connectivity index (χ1v) is 47.1. The third kappa shape index (κ3) is 21.2. The van der Waals surface area contributed by atoms with Gasteiger partial charge in [-0.15, -0.1) is 23.9 Å². The summed E-state index contributed by atoms with van der Waals surface area (Å²) in [5.41, 5.74) is 49.1. The zero-order valence-corrected chi connectivity index (χ0v) is 68.5. The van der Waals surface area contributed by atoms with Crippen LogP contribution in [0.25, 0.3) is 27.7 Å². The van der Waals surface area contributed by atoms with Crippen LogP contribution in [-0.4, -0.2) is 150 Å². The number of benzene rings is 6. The van der Waals surface area contributed by atoms with Gasteiger partial charge in [-0.3, -0.25) is 0 Å². The highest BCUT2D eigenvalue weighted by atomic mass is 32.3. The van der Waals surface area contributed by atoms with Gasteiger partial charge in [-0.2, -0.15) is 0 Å². The summed E-state index contributed by atoms with van der Waals surface area (Å²) in [7, 11) is -43.4. The number of hydrogen-bond acceptors (Lipinski definition) is 20. The van der Waals surface area contributed by atoms with Crippen LogP contribution in [0, 0.1) is 41.5 Å². The highest BCUT2D eigenvalue weighted by Crippen LogP contribution is 2.32. The van der Waals surface area contributed by atoms with Gasteiger partial charge in [0.25, 0.3) is 98.4 Å². The maximum absolute atomic E-state index is 12.8. The molecule has 0 atom stereocenters. The molecule has 2 saturated carbocycles. The molecule has 2 fully saturated rings. The van der Waals surface area contributed by atoms with Crippen LogP contribution in [0.2, 0.25) is 0 Å². The first kappa shape index (κ1) is 91.1. The van der Waals surface area contributed by atoms with Crippen molar-refractivity contribution >= 4 is 120 Å². The predicted molar refractivity (Wildman–Crippen MR) is 402 cm³/mol. The summed E-state index contributed by atoms with van der Waals surface area (Å²) in [4.78, 5) is 11.5. The Balaban J connectivity index is 0.000000284. The van der Waals surface area contributed by atoms with Crippen LogP contribution in [-0.2, 0) is 98.4 Å². The van der Waals surface area contributed by atoms with E-state index in [2.05, 4.69) is 23.9 Å². The molecular formula is C67H82N10O20S10. The van der Waals surface area contributed by atoms with Crippen molar-refractivity contribution in [2.24, 2.45) is 0 Å². The van der Waals surface area contributed by atoms with Crippen molar-refractivity contribution in [1.29, 1.82) is 0 Å². The van der Waals surface area contributed by atoms with E-state index in [1.807, 2.05) is 0 Å². The lowest BCUT2D eigenvalue weighted by molar-refractivity contribution is 0.00323. The Hall–Kier alpha value is -8.28. The van der Waals surface area contributed by atoms with E-state index in [1.54, 1.807) is 77.9 Å². The molecule has 0 aromatic heterocycles. The van der Waals surface area contributed by atoms with Crippen LogP contribution in [0.4, 0.5) is 0 Å². The molecule has 107 heavy (non-hydrogen) atoms. The molecule has 0 heterocycles. The average molecular weight is 1670 g/mol. The fraction of sp³-hybridized carbons (Fsp3) is 0.388. The van der Waals surface area contributed by atoms with Crippen LogP contribution < -0.4 is 0 Å². The predicted octanol–water partition coefficient (Wildman–Crippen LogP) is 9.48. The van der Waals surface area contributed by atoms with Crippen molar-refractivity contribution in [3.05, 3.63) is 207 Å². The highest BCUT2D eigenvalue weighted by molar-refractivity contribution is 8.33. The second-order valence-corrected chi connectivity index (χ2v) is 48.4. The zero-order valence-electron chi connectivity index (χ0n) is 60.3. The Kier molecular flexibility index (Phi) is 30.5. The second kappa shape index (κ2) is 35.8. The highest BCUT2D eigenvalue weighted by Gasteiger charge is 2.54. The number of aryl methyl sites for hydroxylation is 6. The van der Waals surface area contributed by atoms with E-state index in [0.717, 1.165) is 60.8 Å². The molecule has 0 saturated heterocycles. The van der Waals surface area contributed by atoms with Gasteiger partial charge in [0, 0.05) is 0 Å². The molecule has 8 rings (SSSR count). The fourth-order valence-corrected chi connectivity index (χ4v) is 29.5. The van der Waals surface area contributed by atoms with E-state index in [9.17, 15) is 89.7 Å². The molecule has 0 N–H and O–H groups in total. The van der Waals surface area contributed by atoms with Gasteiger partial charge in [0.2, 0.25) is 0 Å². The Bertz CT molecular complexity index is 5510. The number of sulfone groups is 10. The Morgan fingerprint density at radius 2 is 0.523 bits per heavy atom. The normalized spacial score (nSPS) is 14.3. The molecule has 580 valence electrons. The zero-order chi connectivity index (χ0) is 81.5. The number of rotatable bonds is 8. The monoisotopic (exact) mass is 1670 g/mol. The van der Waals surface area contributed by atoms with E-state index < -0.39 is 140 Å². The van der Waals surface area contributed by atoms with Crippen LogP contribution in [0.1, 0.15) is 139 Å². The first-order valence-electron chi connectivity index (χ1n) is 32.2. The van der Waals surface area contributed by atoms with E-state index in [-0.39, 0.29) is 29.4 Å². The van der Waals surface area contributed by atoms with Crippen LogP contribution in [0.3, 0.4) is 0 Å². The average Bonchev–Trinajstić information content (AvgIpc) is 0.696. The summed E-state index contributed by atoms with van der Waals surface area (Å²) in [6.07, 6.45) is 6.79. The van der Waals surface area contributed by atoms with Crippen molar-refractivity contribution in [1.82, 2.24) is 0 Å². The molecule has 6 aromatic carbocycles. The minimum Gasteiger partial charge on any atom is -0.359 e. The van der Waals surface area contributed by atoms with Crippen molar-refractivity contribution in [3.8, 4) is 0 Å². The molecule has 2 aliphatic rings. The van der Waals surface area contributed by atoms with Crippen molar-refractivity contribution in [3.63, 3.8) is 0 Å². The van der Waals surface area contributed by atoms with Gasteiger partial charge >= 0.3 is 21.9 Å². The first-order chi connectivity index (χ1) is 49.2. The number of nitrogens with zero attached hydrogens (tertiary/aromatic N) is 10. The summed E-state index contributed by atoms with van der Waals surface area (Å²) in [6.45, 7) is 18.2. The summed E-state index contributed by atoms with van der Waals surface area (Å²) < 4.78 is 240. The van der Waals surface area contributed by atoms with Crippen molar-refractivity contribution < 1.29 is 108 Å². The fourth-order valence-electron chi connectivity index (χ4n) is 10.3. The second-order valence-electron chi connectivity index (χ2n) is 26.5. The molecule has 2 aliphatic carbocycles. The summed E-state index contributed by atoms with van der Waals surface area (Å²) in [5, 5.41) is -1.45. The van der Waals surface area contributed by atoms with Gasteiger partial charge in [-0.25, -0.2) is 84.2 Å². The molecule has 30 nitrogen and oxygen atoms in total. The standard InChI is InChI=1S/C17H18N2O4S2.C15H14N2O4S2.C13H22N2O4S2.C13H10N2O4S2.C9H18N2O4S2/c1-11-5-7-15(13(3)9-11)24(20,21)17(19-18)25(22,23)16-8-6-12(2)10-14(16)4;1-11-3-7-13(8-4-11)22(18,19)15(17-16)23(20,21)14-9-5-12(2)6-10-14;2*14-15-13(20(16,17)11-7-3-1-4-8-11)21(18,19)12-9-5-2-6-10-12;1-8(2,3)16(12,13)7(11-10)17(14,15)9(4,5)6/h5-10H,1-4H3;3-10H,1-2H3;11-12H,1-10H2;1-10H;1-6H3. The van der Waals surface area contributed by atoms with Gasteiger partial charge in [0.1, 0.15) is 0 Å². The molecule has 0 unspecified atom stereocenters. The molecule has 0 bridgehead atoms. The third-order valence-electron chi connectivity index (χ3n) is 16.3. The molecule has 6 aromatic rings. The smallest absolute Gasteiger partial charge is 0.359 e. The van der Waals surface area contributed by atoms with E-state index in [4.69, 9.17) is 22.1 Å². The Morgan fingerprint density at radius 3 is 0.757 bits per heavy atom. The van der Waals surface area contributed by atoms with Gasteiger partial charge in [0.05, 0.1) is 49.4 Å². The minimum atomic E-state index is -4.52. The summed E-state index contributed by atoms with van der Waals surface area (Å²) >= 11 is 0. The Labute approximate surface area is 626 Å². The van der Waals surface area contributed by atoms with Gasteiger partial charge in [-0.1, -0.05) is 146 Å². The maximum Gasteiger partial charge on any atom is 0.504 e. The Morgan fingerprint density at radius 1 is 0.290 bits per heavy atom. The van der Waals surface area contributed by atoms with Gasteiger partial charge in [0.15, 0.2) is 0 Å².